The summed E-state index contributed by atoms with van der Waals surface area (Å²) in [5.74, 6) is 1.22. The predicted molar refractivity (Wildman–Crippen MR) is 124 cm³/mol. The van der Waals surface area contributed by atoms with E-state index in [1.165, 1.54) is 0 Å². The summed E-state index contributed by atoms with van der Waals surface area (Å²) < 4.78 is 12.1. The highest BCUT2D eigenvalue weighted by atomic mass is 16.5. The highest BCUT2D eigenvalue weighted by molar-refractivity contribution is 6.17. The largest absolute Gasteiger partial charge is 0.493 e. The minimum atomic E-state index is -0.392. The van der Waals surface area contributed by atoms with Crippen LogP contribution in [0.4, 0.5) is 0 Å². The minimum absolute atomic E-state index is 0.141. The van der Waals surface area contributed by atoms with Crippen LogP contribution in [-0.4, -0.2) is 36.9 Å². The van der Waals surface area contributed by atoms with E-state index in [1.54, 1.807) is 20.2 Å². The molecule has 2 aromatic rings. The zero-order valence-electron chi connectivity index (χ0n) is 19.5. The van der Waals surface area contributed by atoms with Gasteiger partial charge < -0.3 is 14.8 Å². The molecule has 4 rings (SSSR count). The first-order chi connectivity index (χ1) is 15.1. The number of rotatable bonds is 4. The zero-order valence-corrected chi connectivity index (χ0v) is 19.5. The number of ether oxygens (including phenoxy) is 2. The Kier molecular flexibility index (Phi) is 5.24. The first-order valence-corrected chi connectivity index (χ1v) is 10.8. The Morgan fingerprint density at radius 1 is 1.25 bits per heavy atom. The Morgan fingerprint density at radius 3 is 2.66 bits per heavy atom. The molecule has 2 aromatic carbocycles. The van der Waals surface area contributed by atoms with Crippen molar-refractivity contribution in [2.75, 3.05) is 14.2 Å². The molecule has 2 aliphatic rings. The van der Waals surface area contributed by atoms with Crippen LogP contribution < -0.4 is 14.8 Å². The molecule has 0 saturated heterocycles. The molecule has 166 valence electrons. The van der Waals surface area contributed by atoms with Gasteiger partial charge in [0.1, 0.15) is 5.60 Å². The van der Waals surface area contributed by atoms with Crippen LogP contribution in [0.1, 0.15) is 65.9 Å². The average Bonchev–Trinajstić information content (AvgIpc) is 3.07. The lowest BCUT2D eigenvalue weighted by Crippen LogP contribution is -2.32. The van der Waals surface area contributed by atoms with E-state index in [1.807, 2.05) is 18.2 Å². The minimum Gasteiger partial charge on any atom is -0.493 e. The van der Waals surface area contributed by atoms with Gasteiger partial charge in [-0.3, -0.25) is 9.79 Å². The van der Waals surface area contributed by atoms with Gasteiger partial charge in [-0.25, -0.2) is 0 Å². The molecule has 0 saturated carbocycles. The molecule has 0 radical (unpaired) electrons. The van der Waals surface area contributed by atoms with Gasteiger partial charge in [0.2, 0.25) is 0 Å². The molecule has 0 bridgehead atoms. The van der Waals surface area contributed by atoms with Crippen molar-refractivity contribution in [1.82, 2.24) is 5.32 Å². The summed E-state index contributed by atoms with van der Waals surface area (Å²) in [5.41, 5.74) is 5.56. The standard InChI is InChI=1S/C26H29N3O3/c1-25(2)13-18-17(10-11-27)22(31-6)23-19(14-26(3,4)32-23)20(18)21(29-25)15-8-7-9-16(12-15)24(30)28-5/h7-9,12H,10,13-14H2,1-6H3,(H,28,30). The molecule has 32 heavy (non-hydrogen) atoms. The van der Waals surface area contributed by atoms with Crippen LogP contribution in [0.2, 0.25) is 0 Å². The maximum absolute atomic E-state index is 12.3. The third-order valence-electron chi connectivity index (χ3n) is 6.05. The molecule has 2 aliphatic heterocycles. The van der Waals surface area contributed by atoms with Gasteiger partial charge >= 0.3 is 0 Å². The number of nitrogens with one attached hydrogen (secondary N) is 1. The highest BCUT2D eigenvalue weighted by Crippen LogP contribution is 2.50. The third kappa shape index (κ3) is 3.62. The molecule has 0 aromatic heterocycles. The Labute approximate surface area is 189 Å². The van der Waals surface area contributed by atoms with Crippen LogP contribution in [0.25, 0.3) is 0 Å². The first kappa shape index (κ1) is 21.9. The number of carbonyl (C=O) groups excluding carboxylic acids is 1. The summed E-state index contributed by atoms with van der Waals surface area (Å²) in [4.78, 5) is 17.4. The van der Waals surface area contributed by atoms with Gasteiger partial charge in [-0.2, -0.15) is 5.26 Å². The second-order valence-electron chi connectivity index (χ2n) is 9.66. The van der Waals surface area contributed by atoms with E-state index in [-0.39, 0.29) is 17.9 Å². The molecule has 6 nitrogen and oxygen atoms in total. The van der Waals surface area contributed by atoms with E-state index in [9.17, 15) is 10.1 Å². The van der Waals surface area contributed by atoms with E-state index in [0.717, 1.165) is 33.5 Å². The fraction of sp³-hybridized carbons (Fsp3) is 0.423. The summed E-state index contributed by atoms with van der Waals surface area (Å²) in [6, 6.07) is 9.84. The number of benzene rings is 2. The quantitative estimate of drug-likeness (QED) is 0.793. The smallest absolute Gasteiger partial charge is 0.251 e. The number of aliphatic imine (C=N–C) groups is 1. The van der Waals surface area contributed by atoms with Gasteiger partial charge in [0.15, 0.2) is 11.5 Å². The molecular weight excluding hydrogens is 402 g/mol. The van der Waals surface area contributed by atoms with Crippen molar-refractivity contribution in [2.45, 2.75) is 58.1 Å². The zero-order chi connectivity index (χ0) is 23.3. The van der Waals surface area contributed by atoms with Crippen LogP contribution in [-0.2, 0) is 19.3 Å². The summed E-state index contributed by atoms with van der Waals surface area (Å²) in [6.45, 7) is 8.29. The molecule has 0 fully saturated rings. The fourth-order valence-corrected chi connectivity index (χ4v) is 4.83. The number of fused-ring (bicyclic) bond motifs is 3. The summed E-state index contributed by atoms with van der Waals surface area (Å²) in [5, 5.41) is 12.3. The van der Waals surface area contributed by atoms with Gasteiger partial charge in [0.25, 0.3) is 5.91 Å². The van der Waals surface area contributed by atoms with Crippen LogP contribution >= 0.6 is 0 Å². The number of nitriles is 1. The lowest BCUT2D eigenvalue weighted by atomic mass is 9.78. The molecule has 1 amide bonds. The number of hydrogen-bond donors (Lipinski definition) is 1. The van der Waals surface area contributed by atoms with Crippen LogP contribution in [0, 0.1) is 11.3 Å². The maximum Gasteiger partial charge on any atom is 0.251 e. The van der Waals surface area contributed by atoms with Gasteiger partial charge in [0.05, 0.1) is 30.9 Å². The second kappa shape index (κ2) is 7.67. The molecule has 6 heteroatoms. The van der Waals surface area contributed by atoms with Crippen molar-refractivity contribution in [2.24, 2.45) is 4.99 Å². The Morgan fingerprint density at radius 2 is 2.00 bits per heavy atom. The fourth-order valence-electron chi connectivity index (χ4n) is 4.83. The van der Waals surface area contributed by atoms with Crippen LogP contribution in [0.3, 0.4) is 0 Å². The number of hydrogen-bond acceptors (Lipinski definition) is 5. The van der Waals surface area contributed by atoms with Gasteiger partial charge in [0, 0.05) is 41.3 Å². The number of nitrogens with zero attached hydrogens (tertiary/aromatic N) is 2. The first-order valence-electron chi connectivity index (χ1n) is 10.8. The van der Waals surface area contributed by atoms with Crippen molar-refractivity contribution in [3.8, 4) is 17.6 Å². The van der Waals surface area contributed by atoms with Gasteiger partial charge in [-0.1, -0.05) is 12.1 Å². The highest BCUT2D eigenvalue weighted by Gasteiger charge is 2.41. The van der Waals surface area contributed by atoms with Crippen molar-refractivity contribution < 1.29 is 14.3 Å². The molecule has 0 spiro atoms. The average molecular weight is 432 g/mol. The van der Waals surface area contributed by atoms with Crippen molar-refractivity contribution in [3.05, 3.63) is 57.6 Å². The Bertz CT molecular complexity index is 1190. The van der Waals surface area contributed by atoms with Crippen molar-refractivity contribution >= 4 is 11.6 Å². The molecule has 0 aliphatic carbocycles. The second-order valence-corrected chi connectivity index (χ2v) is 9.66. The SMILES string of the molecule is CNC(=O)c1cccc(C2=NC(C)(C)Cc3c(CC#N)c(OC)c4c(c32)CC(C)(C)O4)c1. The van der Waals surface area contributed by atoms with E-state index in [2.05, 4.69) is 39.1 Å². The van der Waals surface area contributed by atoms with E-state index in [4.69, 9.17) is 14.5 Å². The van der Waals surface area contributed by atoms with E-state index < -0.39 is 5.60 Å². The van der Waals surface area contributed by atoms with E-state index >= 15 is 0 Å². The monoisotopic (exact) mass is 431 g/mol. The lowest BCUT2D eigenvalue weighted by molar-refractivity contribution is 0.0963. The van der Waals surface area contributed by atoms with Crippen molar-refractivity contribution in [1.29, 1.82) is 5.26 Å². The number of amides is 1. The summed E-state index contributed by atoms with van der Waals surface area (Å²) in [6.07, 6.45) is 1.63. The number of carbonyl (C=O) groups is 1. The molecule has 0 unspecified atom stereocenters. The van der Waals surface area contributed by atoms with E-state index in [0.29, 0.717) is 29.9 Å². The molecule has 2 heterocycles. The molecule has 1 N–H and O–H groups in total. The normalized spacial score (nSPS) is 17.3. The van der Waals surface area contributed by atoms with Gasteiger partial charge in [-0.05, 0) is 51.8 Å². The maximum atomic E-state index is 12.3. The molecule has 0 atom stereocenters. The van der Waals surface area contributed by atoms with Crippen LogP contribution in [0.5, 0.6) is 11.5 Å². The number of methoxy groups -OCH3 is 1. The van der Waals surface area contributed by atoms with Gasteiger partial charge in [-0.15, -0.1) is 0 Å². The topological polar surface area (TPSA) is 83.7 Å². The lowest BCUT2D eigenvalue weighted by Gasteiger charge is -2.33. The Hall–Kier alpha value is -3.33. The van der Waals surface area contributed by atoms with Crippen molar-refractivity contribution in [3.63, 3.8) is 0 Å². The predicted octanol–water partition coefficient (Wildman–Crippen LogP) is 4.01. The summed E-state index contributed by atoms with van der Waals surface area (Å²) >= 11 is 0. The summed E-state index contributed by atoms with van der Waals surface area (Å²) in [7, 11) is 3.26. The van der Waals surface area contributed by atoms with Crippen LogP contribution in [0.15, 0.2) is 29.3 Å². The Balaban J connectivity index is 2.05. The molecular formula is C26H29N3O3. The third-order valence-corrected chi connectivity index (χ3v) is 6.05.